The number of benzene rings is 11. The molecule has 0 N–H and O–H groups in total. The van der Waals surface area contributed by atoms with Crippen molar-refractivity contribution in [1.29, 1.82) is 0 Å². The van der Waals surface area contributed by atoms with Crippen molar-refractivity contribution in [2.75, 3.05) is 0 Å². The van der Waals surface area contributed by atoms with Gasteiger partial charge in [-0.05, 0) is 141 Å². The first kappa shape index (κ1) is 81.2. The van der Waals surface area contributed by atoms with Gasteiger partial charge in [0.1, 0.15) is 0 Å². The van der Waals surface area contributed by atoms with E-state index in [4.69, 9.17) is 0 Å². The van der Waals surface area contributed by atoms with Crippen LogP contribution in [0.1, 0.15) is 158 Å². The van der Waals surface area contributed by atoms with Crippen molar-refractivity contribution in [2.45, 2.75) is 184 Å². The van der Waals surface area contributed by atoms with Gasteiger partial charge in [0.15, 0.2) is 0 Å². The van der Waals surface area contributed by atoms with Crippen molar-refractivity contribution >= 4 is 76.2 Å². The van der Waals surface area contributed by atoms with E-state index in [0.717, 1.165) is 38.9 Å². The van der Waals surface area contributed by atoms with Crippen LogP contribution in [-0.4, -0.2) is 13.7 Å². The summed E-state index contributed by atoms with van der Waals surface area (Å²) in [6.45, 7) is 46.6. The fourth-order valence-electron chi connectivity index (χ4n) is 11.2. The molecule has 0 saturated heterocycles. The number of fused-ring (bicyclic) bond motifs is 10. The zero-order valence-corrected chi connectivity index (χ0v) is 62.0. The second-order valence-electron chi connectivity index (χ2n) is 20.5. The molecule has 3 aromatic heterocycles. The number of hydrogen-bond acceptors (Lipinski definition) is 0. The molecule has 0 aliphatic carbocycles. The van der Waals surface area contributed by atoms with Gasteiger partial charge in [-0.2, -0.15) is 0 Å². The zero-order chi connectivity index (χ0) is 69.6. The van der Waals surface area contributed by atoms with Gasteiger partial charge in [-0.1, -0.05) is 334 Å². The van der Waals surface area contributed by atoms with Gasteiger partial charge < -0.3 is 13.7 Å². The summed E-state index contributed by atoms with van der Waals surface area (Å²) in [4.78, 5) is 0. The zero-order valence-electron chi connectivity index (χ0n) is 62.0. The molecule has 0 amide bonds. The third-order valence-corrected chi connectivity index (χ3v) is 15.6. The molecule has 3 nitrogen and oxygen atoms in total. The van der Waals surface area contributed by atoms with Gasteiger partial charge in [0.05, 0.1) is 0 Å². The number of rotatable bonds is 6. The summed E-state index contributed by atoms with van der Waals surface area (Å²) in [6.07, 6.45) is 3.44. The molecule has 0 fully saturated rings. The lowest BCUT2D eigenvalue weighted by Gasteiger charge is -2.01. The topological polar surface area (TPSA) is 14.8 Å². The third kappa shape index (κ3) is 23.0. The fourth-order valence-corrected chi connectivity index (χ4v) is 11.2. The maximum absolute atomic E-state index is 2.37. The van der Waals surface area contributed by atoms with E-state index in [2.05, 4.69) is 343 Å². The summed E-state index contributed by atoms with van der Waals surface area (Å²) in [5, 5.41) is 10.8. The minimum atomic E-state index is 1.02. The predicted octanol–water partition coefficient (Wildman–Crippen LogP) is 28.1. The lowest BCUT2D eigenvalue weighted by molar-refractivity contribution is 0.827. The predicted molar refractivity (Wildman–Crippen MR) is 429 cm³/mol. The molecular formula is C91H119N3. The first-order valence-corrected chi connectivity index (χ1v) is 35.7. The Hall–Kier alpha value is -8.92. The van der Waals surface area contributed by atoms with E-state index in [9.17, 15) is 0 Å². The highest BCUT2D eigenvalue weighted by Gasteiger charge is 2.10. The molecule has 498 valence electrons. The van der Waals surface area contributed by atoms with Gasteiger partial charge in [0.25, 0.3) is 0 Å². The molecule has 0 aliphatic heterocycles. The Morgan fingerprint density at radius 3 is 0.489 bits per heavy atom. The molecule has 0 unspecified atom stereocenters. The van der Waals surface area contributed by atoms with Crippen LogP contribution >= 0.6 is 0 Å². The van der Waals surface area contributed by atoms with Gasteiger partial charge in [0.2, 0.25) is 0 Å². The minimum absolute atomic E-state index is 1.02. The monoisotopic (exact) mass is 1250 g/mol. The van der Waals surface area contributed by atoms with Gasteiger partial charge in [-0.3, -0.25) is 0 Å². The Morgan fingerprint density at radius 1 is 0.191 bits per heavy atom. The van der Waals surface area contributed by atoms with Crippen LogP contribution in [0.15, 0.2) is 267 Å². The Bertz CT molecular complexity index is 3640. The van der Waals surface area contributed by atoms with Gasteiger partial charge in [0, 0.05) is 85.1 Å². The van der Waals surface area contributed by atoms with E-state index in [0.29, 0.717) is 0 Å². The average Bonchev–Trinajstić information content (AvgIpc) is 1.65. The van der Waals surface area contributed by atoms with E-state index in [1.807, 2.05) is 83.1 Å². The number of hydrogen-bond donors (Lipinski definition) is 0. The van der Waals surface area contributed by atoms with Crippen molar-refractivity contribution in [3.63, 3.8) is 0 Å². The summed E-state index contributed by atoms with van der Waals surface area (Å²) in [5.74, 6) is 0. The number of aromatic nitrogens is 3. The first-order chi connectivity index (χ1) is 46.2. The van der Waals surface area contributed by atoms with Crippen molar-refractivity contribution in [3.05, 3.63) is 300 Å². The molecule has 14 aromatic rings. The van der Waals surface area contributed by atoms with Crippen molar-refractivity contribution < 1.29 is 0 Å². The van der Waals surface area contributed by atoms with Crippen molar-refractivity contribution in [3.8, 4) is 0 Å². The van der Waals surface area contributed by atoms with E-state index >= 15 is 0 Å². The normalized spacial score (nSPS) is 9.59. The molecule has 0 bridgehead atoms. The maximum atomic E-state index is 2.37. The van der Waals surface area contributed by atoms with Crippen molar-refractivity contribution in [2.24, 2.45) is 0 Å². The van der Waals surface area contributed by atoms with Crippen LogP contribution in [0.2, 0.25) is 0 Å². The highest BCUT2D eigenvalue weighted by atomic mass is 15.0. The van der Waals surface area contributed by atoms with Crippen LogP contribution < -0.4 is 0 Å². The fraction of sp³-hybridized carbons (Fsp3) is 0.297. The standard InChI is InChI=1S/3C14H13N.C10H8.3C9H12.6C2H6/c3*1-2-15-13-9-5-3-7-11(13)12-8-4-6-10-14(12)15;1-2-6-10-8-4-3-7-9(10)5-1;3*1-3-9-7-5-4-6-8(9)2;6*1-2/h3*3-10H,2H2,1H3;1-8H;3*4-7H,3H2,1-2H3;6*1-2H3. The minimum Gasteiger partial charge on any atom is -0.341 e. The molecule has 0 radical (unpaired) electrons. The highest BCUT2D eigenvalue weighted by Crippen LogP contribution is 2.31. The molecule has 3 heteroatoms. The Kier molecular flexibility index (Phi) is 41.4. The Morgan fingerprint density at radius 2 is 0.340 bits per heavy atom. The van der Waals surface area contributed by atoms with E-state index in [1.54, 1.807) is 0 Å². The quantitative estimate of drug-likeness (QED) is 0.158. The van der Waals surface area contributed by atoms with Crippen LogP contribution in [0.4, 0.5) is 0 Å². The maximum Gasteiger partial charge on any atom is 0.0491 e. The molecule has 0 saturated carbocycles. The largest absolute Gasteiger partial charge is 0.341 e. The Labute approximate surface area is 571 Å². The van der Waals surface area contributed by atoms with Crippen LogP contribution in [0.25, 0.3) is 76.2 Å². The SMILES string of the molecule is CC.CC.CC.CC.CC.CC.CCc1ccccc1C.CCc1ccccc1C.CCc1ccccc1C.CCn1c2ccccc2c2ccccc21.CCn1c2ccccc2c2ccccc21.CCn1c2ccccc2c2ccccc21.c1ccc2ccccc2c1. The first-order valence-electron chi connectivity index (χ1n) is 35.7. The highest BCUT2D eigenvalue weighted by molar-refractivity contribution is 6.09. The molecule has 94 heavy (non-hydrogen) atoms. The molecular weight excluding hydrogens is 1140 g/mol. The van der Waals surface area contributed by atoms with E-state index in [1.165, 1.54) is 110 Å². The van der Waals surface area contributed by atoms with Crippen molar-refractivity contribution in [1.82, 2.24) is 13.7 Å². The van der Waals surface area contributed by atoms with E-state index in [-0.39, 0.29) is 0 Å². The van der Waals surface area contributed by atoms with Gasteiger partial charge >= 0.3 is 0 Å². The Balaban J connectivity index is 0.000000367. The van der Waals surface area contributed by atoms with Gasteiger partial charge in [-0.15, -0.1) is 0 Å². The van der Waals surface area contributed by atoms with Crippen LogP contribution in [-0.2, 0) is 38.9 Å². The number of para-hydroxylation sites is 6. The number of nitrogens with zero attached hydrogens (tertiary/aromatic N) is 3. The molecule has 0 atom stereocenters. The second-order valence-corrected chi connectivity index (χ2v) is 20.5. The molecule has 14 rings (SSSR count). The molecule has 0 spiro atoms. The summed E-state index contributed by atoms with van der Waals surface area (Å²) in [6, 6.07) is 93.8. The summed E-state index contributed by atoms with van der Waals surface area (Å²) >= 11 is 0. The number of aryl methyl sites for hydroxylation is 9. The summed E-state index contributed by atoms with van der Waals surface area (Å²) in [5.41, 5.74) is 16.6. The van der Waals surface area contributed by atoms with Crippen LogP contribution in [0.3, 0.4) is 0 Å². The summed E-state index contributed by atoms with van der Waals surface area (Å²) in [7, 11) is 0. The molecule has 0 aliphatic rings. The molecule has 11 aromatic carbocycles. The van der Waals surface area contributed by atoms with Crippen LogP contribution in [0.5, 0.6) is 0 Å². The molecule has 3 heterocycles. The van der Waals surface area contributed by atoms with Crippen LogP contribution in [0, 0.1) is 20.8 Å². The van der Waals surface area contributed by atoms with Gasteiger partial charge in [-0.25, -0.2) is 0 Å². The second kappa shape index (κ2) is 47.9. The average molecular weight is 1250 g/mol. The summed E-state index contributed by atoms with van der Waals surface area (Å²) < 4.78 is 7.10. The third-order valence-electron chi connectivity index (χ3n) is 15.6. The lowest BCUT2D eigenvalue weighted by Crippen LogP contribution is -1.91. The van der Waals surface area contributed by atoms with E-state index < -0.39 is 0 Å². The smallest absolute Gasteiger partial charge is 0.0491 e. The lowest BCUT2D eigenvalue weighted by atomic mass is 10.1.